The van der Waals surface area contributed by atoms with Crippen LogP contribution in [0.2, 0.25) is 0 Å². The van der Waals surface area contributed by atoms with Crippen LogP contribution in [0.1, 0.15) is 27.9 Å². The van der Waals surface area contributed by atoms with Crippen LogP contribution in [0.5, 0.6) is 5.75 Å². The van der Waals surface area contributed by atoms with Crippen LogP contribution in [0, 0.1) is 12.7 Å². The van der Waals surface area contributed by atoms with E-state index in [0.29, 0.717) is 23.1 Å². The van der Waals surface area contributed by atoms with Gasteiger partial charge in [-0.1, -0.05) is 0 Å². The smallest absolute Gasteiger partial charge is 0.343 e. The Morgan fingerprint density at radius 3 is 2.52 bits per heavy atom. The Labute approximate surface area is 177 Å². The Kier molecular flexibility index (Phi) is 7.15. The van der Waals surface area contributed by atoms with Crippen molar-refractivity contribution in [2.45, 2.75) is 19.8 Å². The molecular weight excluding hydrogens is 407 g/mol. The summed E-state index contributed by atoms with van der Waals surface area (Å²) in [6.07, 6.45) is 0.276. The standard InChI is InChI=1S/C23H21FO7/c1-14-11-22(26)30-20-13-19(31-23(27)15-3-6-17(24)7-4-15)16(12-18(14)20)5-8-21(25)29-10-9-28-2/h3-4,6-7,11-13H,5,8-10H2,1-2H3. The number of methoxy groups -OCH3 is 1. The molecule has 0 fully saturated rings. The molecular formula is C23H21FO7. The molecule has 0 aliphatic rings. The van der Waals surface area contributed by atoms with Gasteiger partial charge in [-0.15, -0.1) is 0 Å². The zero-order valence-electron chi connectivity index (χ0n) is 17.1. The summed E-state index contributed by atoms with van der Waals surface area (Å²) in [5.41, 5.74) is 1.11. The van der Waals surface area contributed by atoms with Crippen LogP contribution in [0.25, 0.3) is 11.0 Å². The molecule has 0 N–H and O–H groups in total. The maximum Gasteiger partial charge on any atom is 0.343 e. The lowest BCUT2D eigenvalue weighted by Gasteiger charge is -2.12. The normalized spacial score (nSPS) is 10.8. The molecule has 0 spiro atoms. The second-order valence-corrected chi connectivity index (χ2v) is 6.81. The van der Waals surface area contributed by atoms with Crippen molar-refractivity contribution in [3.8, 4) is 5.75 Å². The molecule has 3 rings (SSSR count). The third kappa shape index (κ3) is 5.76. The van der Waals surface area contributed by atoms with E-state index in [0.717, 1.165) is 12.1 Å². The number of hydrogen-bond acceptors (Lipinski definition) is 7. The van der Waals surface area contributed by atoms with Crippen LogP contribution >= 0.6 is 0 Å². The van der Waals surface area contributed by atoms with Gasteiger partial charge >= 0.3 is 17.6 Å². The van der Waals surface area contributed by atoms with Gasteiger partial charge in [-0.3, -0.25) is 4.79 Å². The fourth-order valence-electron chi connectivity index (χ4n) is 2.97. The molecule has 1 heterocycles. The fraction of sp³-hybridized carbons (Fsp3) is 0.261. The molecule has 0 bridgehead atoms. The van der Waals surface area contributed by atoms with E-state index >= 15 is 0 Å². The maximum atomic E-state index is 13.1. The van der Waals surface area contributed by atoms with Gasteiger partial charge in [-0.25, -0.2) is 14.0 Å². The number of ether oxygens (including phenoxy) is 3. The number of rotatable bonds is 8. The molecule has 0 atom stereocenters. The second-order valence-electron chi connectivity index (χ2n) is 6.81. The number of benzene rings is 2. The van der Waals surface area contributed by atoms with Crippen molar-refractivity contribution in [1.29, 1.82) is 0 Å². The minimum absolute atomic E-state index is 0.0478. The third-order valence-corrected chi connectivity index (χ3v) is 4.56. The van der Waals surface area contributed by atoms with Crippen LogP contribution in [-0.2, 0) is 20.7 Å². The van der Waals surface area contributed by atoms with Crippen LogP contribution in [-0.4, -0.2) is 32.3 Å². The lowest BCUT2D eigenvalue weighted by molar-refractivity contribution is -0.144. The van der Waals surface area contributed by atoms with Crippen molar-refractivity contribution in [1.82, 2.24) is 0 Å². The van der Waals surface area contributed by atoms with Crippen LogP contribution in [0.4, 0.5) is 4.39 Å². The first-order valence-corrected chi connectivity index (χ1v) is 9.57. The summed E-state index contributed by atoms with van der Waals surface area (Å²) in [7, 11) is 1.51. The lowest BCUT2D eigenvalue weighted by Crippen LogP contribution is -2.12. The summed E-state index contributed by atoms with van der Waals surface area (Å²) in [5.74, 6) is -1.48. The maximum absolute atomic E-state index is 13.1. The van der Waals surface area contributed by atoms with Crippen LogP contribution in [0.15, 0.2) is 51.7 Å². The minimum atomic E-state index is -0.710. The molecule has 162 valence electrons. The summed E-state index contributed by atoms with van der Waals surface area (Å²) >= 11 is 0. The van der Waals surface area contributed by atoms with Gasteiger partial charge < -0.3 is 18.6 Å². The summed E-state index contributed by atoms with van der Waals surface area (Å²) in [5, 5.41) is 0.656. The predicted octanol–water partition coefficient (Wildman–Crippen LogP) is 3.58. The zero-order valence-corrected chi connectivity index (χ0v) is 17.1. The molecule has 1 aromatic heterocycles. The number of carbonyl (C=O) groups is 2. The summed E-state index contributed by atoms with van der Waals surface area (Å²) in [6.45, 7) is 2.19. The highest BCUT2D eigenvalue weighted by Gasteiger charge is 2.16. The first kappa shape index (κ1) is 22.2. The molecule has 0 unspecified atom stereocenters. The highest BCUT2D eigenvalue weighted by molar-refractivity contribution is 5.92. The first-order valence-electron chi connectivity index (χ1n) is 9.57. The predicted molar refractivity (Wildman–Crippen MR) is 110 cm³/mol. The number of hydrogen-bond donors (Lipinski definition) is 0. The highest BCUT2D eigenvalue weighted by atomic mass is 19.1. The van der Waals surface area contributed by atoms with Gasteiger partial charge in [0.25, 0.3) is 0 Å². The summed E-state index contributed by atoms with van der Waals surface area (Å²) < 4.78 is 33.8. The van der Waals surface area contributed by atoms with E-state index in [9.17, 15) is 18.8 Å². The Balaban J connectivity index is 1.90. The average molecular weight is 428 g/mol. The molecule has 31 heavy (non-hydrogen) atoms. The van der Waals surface area contributed by atoms with Gasteiger partial charge in [0.1, 0.15) is 23.8 Å². The largest absolute Gasteiger partial charge is 0.463 e. The molecule has 2 aromatic carbocycles. The van der Waals surface area contributed by atoms with E-state index < -0.39 is 23.4 Å². The molecule has 8 heteroatoms. The van der Waals surface area contributed by atoms with E-state index in [-0.39, 0.29) is 36.3 Å². The van der Waals surface area contributed by atoms with E-state index in [1.165, 1.54) is 31.4 Å². The van der Waals surface area contributed by atoms with Gasteiger partial charge in [-0.05, 0) is 54.8 Å². The SMILES string of the molecule is COCCOC(=O)CCc1cc2c(C)cc(=O)oc2cc1OC(=O)c1ccc(F)cc1. The van der Waals surface area contributed by atoms with Crippen molar-refractivity contribution in [3.05, 3.63) is 75.4 Å². The average Bonchev–Trinajstić information content (AvgIpc) is 2.73. The topological polar surface area (TPSA) is 92.0 Å². The molecule has 0 radical (unpaired) electrons. The Hall–Kier alpha value is -3.52. The van der Waals surface area contributed by atoms with Crippen LogP contribution in [0.3, 0.4) is 0 Å². The van der Waals surface area contributed by atoms with E-state index in [1.807, 2.05) is 0 Å². The minimum Gasteiger partial charge on any atom is -0.463 e. The first-order chi connectivity index (χ1) is 14.9. The molecule has 0 amide bonds. The van der Waals surface area contributed by atoms with Gasteiger partial charge in [0.05, 0.1) is 12.2 Å². The Bertz CT molecular complexity index is 1150. The van der Waals surface area contributed by atoms with Gasteiger partial charge in [0.2, 0.25) is 0 Å². The fourth-order valence-corrected chi connectivity index (χ4v) is 2.97. The monoisotopic (exact) mass is 428 g/mol. The second kappa shape index (κ2) is 9.99. The van der Waals surface area contributed by atoms with Gasteiger partial charge in [0, 0.05) is 31.0 Å². The summed E-state index contributed by atoms with van der Waals surface area (Å²) in [6, 6.07) is 9.41. The van der Waals surface area contributed by atoms with E-state index in [1.54, 1.807) is 13.0 Å². The Morgan fingerprint density at radius 1 is 1.06 bits per heavy atom. The molecule has 7 nitrogen and oxygen atoms in total. The number of aryl methyl sites for hydroxylation is 2. The molecule has 0 aliphatic carbocycles. The number of fused-ring (bicyclic) bond motifs is 1. The van der Waals surface area contributed by atoms with Crippen LogP contribution < -0.4 is 10.4 Å². The molecule has 0 aliphatic heterocycles. The zero-order chi connectivity index (χ0) is 22.4. The van der Waals surface area contributed by atoms with Gasteiger partial charge in [0.15, 0.2) is 0 Å². The molecule has 3 aromatic rings. The number of halogens is 1. The van der Waals surface area contributed by atoms with Crippen molar-refractivity contribution in [2.24, 2.45) is 0 Å². The van der Waals surface area contributed by atoms with Gasteiger partial charge in [-0.2, -0.15) is 0 Å². The number of esters is 2. The molecule has 0 saturated carbocycles. The molecule has 0 saturated heterocycles. The van der Waals surface area contributed by atoms with Crippen molar-refractivity contribution in [3.63, 3.8) is 0 Å². The highest BCUT2D eigenvalue weighted by Crippen LogP contribution is 2.29. The Morgan fingerprint density at radius 2 is 1.81 bits per heavy atom. The lowest BCUT2D eigenvalue weighted by atomic mass is 10.0. The van der Waals surface area contributed by atoms with Crippen molar-refractivity contribution < 1.29 is 32.6 Å². The summed E-state index contributed by atoms with van der Waals surface area (Å²) in [4.78, 5) is 36.2. The third-order valence-electron chi connectivity index (χ3n) is 4.56. The van der Waals surface area contributed by atoms with Crippen molar-refractivity contribution >= 4 is 22.9 Å². The van der Waals surface area contributed by atoms with E-state index in [4.69, 9.17) is 18.6 Å². The van der Waals surface area contributed by atoms with Crippen molar-refractivity contribution in [2.75, 3.05) is 20.3 Å². The van der Waals surface area contributed by atoms with E-state index in [2.05, 4.69) is 0 Å². The quantitative estimate of drug-likeness (QED) is 0.234. The number of carbonyl (C=O) groups excluding carboxylic acids is 2.